The predicted molar refractivity (Wildman–Crippen MR) is 157 cm³/mol. The smallest absolute Gasteiger partial charge is 0.280 e. The second-order valence-electron chi connectivity index (χ2n) is 10.7. The number of para-hydroxylation sites is 1. The normalized spacial score (nSPS) is 13.1. The van der Waals surface area contributed by atoms with E-state index in [1.54, 1.807) is 29.7 Å². The summed E-state index contributed by atoms with van der Waals surface area (Å²) in [7, 11) is 0. The van der Waals surface area contributed by atoms with Gasteiger partial charge in [0.25, 0.3) is 5.56 Å². The van der Waals surface area contributed by atoms with Crippen molar-refractivity contribution in [3.8, 4) is 34.2 Å². The zero-order valence-corrected chi connectivity index (χ0v) is 23.7. The molecule has 3 heterocycles. The summed E-state index contributed by atoms with van der Waals surface area (Å²) in [5, 5.41) is 16.5. The van der Waals surface area contributed by atoms with Gasteiger partial charge >= 0.3 is 0 Å². The monoisotopic (exact) mass is 567 g/mol. The van der Waals surface area contributed by atoms with Gasteiger partial charge in [-0.05, 0) is 73.1 Å². The minimum Gasteiger partial charge on any atom is -0.494 e. The predicted octanol–water partition coefficient (Wildman–Crippen LogP) is 6.50. The van der Waals surface area contributed by atoms with Gasteiger partial charge in [0.1, 0.15) is 11.5 Å². The van der Waals surface area contributed by atoms with Crippen LogP contribution in [-0.2, 0) is 19.3 Å². The fourth-order valence-corrected chi connectivity index (χ4v) is 5.48. The molecule has 1 fully saturated rings. The number of aromatic hydroxyl groups is 1. The maximum atomic E-state index is 15.3. The molecule has 42 heavy (non-hydrogen) atoms. The van der Waals surface area contributed by atoms with Crippen LogP contribution in [0.3, 0.4) is 0 Å². The van der Waals surface area contributed by atoms with E-state index in [1.165, 1.54) is 12.3 Å². The van der Waals surface area contributed by atoms with Crippen LogP contribution in [0.5, 0.6) is 5.88 Å². The topological polar surface area (TPSA) is 85.8 Å². The van der Waals surface area contributed by atoms with Gasteiger partial charge < -0.3 is 5.11 Å². The molecule has 1 N–H and O–H groups in total. The average Bonchev–Trinajstić information content (AvgIpc) is 3.72. The van der Waals surface area contributed by atoms with E-state index in [1.807, 2.05) is 49.0 Å². The number of hydrogen-bond acceptors (Lipinski definition) is 5. The highest BCUT2D eigenvalue weighted by atomic mass is 19.1. The fraction of sp³-hybridized carbons (Fsp3) is 0.273. The maximum Gasteiger partial charge on any atom is 0.280 e. The van der Waals surface area contributed by atoms with Gasteiger partial charge in [-0.3, -0.25) is 14.0 Å². The zero-order chi connectivity index (χ0) is 29.5. The Balaban J connectivity index is 1.49. The Labute approximate surface area is 242 Å². The standard InChI is InChI=1S/C33H31F2N5O2/c1-4-21-7-6-8-22(5-2)29(21)40-31(28-14-16-39(38-28)23-10-11-23)37-32(41)26(33(40)42)17-20-9-12-25(27(34)18-20)24-13-15-36-30(35)19(24)3/h6-9,12-16,18,23,42H,4-5,10-11,17H2,1-3H3. The summed E-state index contributed by atoms with van der Waals surface area (Å²) in [5.74, 6) is -1.22. The van der Waals surface area contributed by atoms with Crippen LogP contribution < -0.4 is 5.56 Å². The molecule has 0 saturated heterocycles. The van der Waals surface area contributed by atoms with E-state index in [-0.39, 0.29) is 34.8 Å². The second kappa shape index (κ2) is 11.0. The van der Waals surface area contributed by atoms with Gasteiger partial charge in [-0.25, -0.2) is 9.37 Å². The lowest BCUT2D eigenvalue weighted by Gasteiger charge is -2.21. The Bertz CT molecular complexity index is 1850. The second-order valence-corrected chi connectivity index (χ2v) is 10.7. The van der Waals surface area contributed by atoms with E-state index < -0.39 is 17.3 Å². The van der Waals surface area contributed by atoms with E-state index in [2.05, 4.69) is 9.97 Å². The van der Waals surface area contributed by atoms with Crippen LogP contribution in [0.4, 0.5) is 8.78 Å². The third-order valence-corrected chi connectivity index (χ3v) is 7.95. The molecule has 0 radical (unpaired) electrons. The van der Waals surface area contributed by atoms with Crippen LogP contribution in [0, 0.1) is 18.7 Å². The van der Waals surface area contributed by atoms with Crippen molar-refractivity contribution in [1.29, 1.82) is 0 Å². The largest absolute Gasteiger partial charge is 0.494 e. The van der Waals surface area contributed by atoms with Gasteiger partial charge in [0.05, 0.1) is 17.3 Å². The summed E-state index contributed by atoms with van der Waals surface area (Å²) in [6.45, 7) is 5.62. The lowest BCUT2D eigenvalue weighted by Crippen LogP contribution is -2.21. The molecule has 1 aliphatic carbocycles. The third kappa shape index (κ3) is 4.89. The number of pyridine rings is 1. The Morgan fingerprint density at radius 1 is 1.00 bits per heavy atom. The van der Waals surface area contributed by atoms with Crippen molar-refractivity contribution >= 4 is 0 Å². The summed E-state index contributed by atoms with van der Waals surface area (Å²) in [5.41, 5.74) is 4.00. The van der Waals surface area contributed by atoms with Crippen LogP contribution in [-0.4, -0.2) is 29.4 Å². The molecule has 0 spiro atoms. The molecule has 0 unspecified atom stereocenters. The van der Waals surface area contributed by atoms with E-state index in [0.717, 1.165) is 29.7 Å². The summed E-state index contributed by atoms with van der Waals surface area (Å²) in [4.78, 5) is 21.6. The number of aryl methyl sites for hydroxylation is 2. The maximum absolute atomic E-state index is 15.3. The fourth-order valence-electron chi connectivity index (χ4n) is 5.48. The number of rotatable bonds is 8. The van der Waals surface area contributed by atoms with Crippen molar-refractivity contribution in [2.24, 2.45) is 0 Å². The van der Waals surface area contributed by atoms with Crippen LogP contribution in [0.25, 0.3) is 28.3 Å². The van der Waals surface area contributed by atoms with Crippen molar-refractivity contribution in [3.05, 3.63) is 111 Å². The quantitative estimate of drug-likeness (QED) is 0.216. The molecule has 9 heteroatoms. The highest BCUT2D eigenvalue weighted by molar-refractivity contribution is 5.68. The van der Waals surface area contributed by atoms with Crippen LogP contribution in [0.2, 0.25) is 0 Å². The van der Waals surface area contributed by atoms with E-state index in [4.69, 9.17) is 5.10 Å². The molecule has 6 rings (SSSR count). The first kappa shape index (κ1) is 27.5. The van der Waals surface area contributed by atoms with Crippen molar-refractivity contribution < 1.29 is 13.9 Å². The molecule has 214 valence electrons. The van der Waals surface area contributed by atoms with Gasteiger partial charge in [-0.15, -0.1) is 0 Å². The summed E-state index contributed by atoms with van der Waals surface area (Å²) >= 11 is 0. The molecular formula is C33H31F2N5O2. The molecule has 0 amide bonds. The highest BCUT2D eigenvalue weighted by Crippen LogP contribution is 2.36. The number of nitrogens with zero attached hydrogens (tertiary/aromatic N) is 5. The SMILES string of the molecule is CCc1cccc(CC)c1-n1c(-c2ccn(C3CC3)n2)nc(=O)c(Cc2ccc(-c3ccnc(F)c3C)c(F)c2)c1O. The van der Waals surface area contributed by atoms with Crippen molar-refractivity contribution in [3.63, 3.8) is 0 Å². The van der Waals surface area contributed by atoms with Crippen LogP contribution in [0.1, 0.15) is 60.5 Å². The Morgan fingerprint density at radius 2 is 1.74 bits per heavy atom. The third-order valence-electron chi connectivity index (χ3n) is 7.95. The van der Waals surface area contributed by atoms with E-state index in [9.17, 15) is 14.3 Å². The number of halogens is 2. The molecular weight excluding hydrogens is 536 g/mol. The Morgan fingerprint density at radius 3 is 2.40 bits per heavy atom. The van der Waals surface area contributed by atoms with Gasteiger partial charge in [-0.2, -0.15) is 14.5 Å². The minimum absolute atomic E-state index is 0.0478. The minimum atomic E-state index is -0.659. The molecule has 3 aromatic heterocycles. The lowest BCUT2D eigenvalue weighted by atomic mass is 9.98. The van der Waals surface area contributed by atoms with Crippen LogP contribution >= 0.6 is 0 Å². The first-order valence-corrected chi connectivity index (χ1v) is 14.2. The van der Waals surface area contributed by atoms with E-state index >= 15 is 4.39 Å². The number of benzene rings is 2. The van der Waals surface area contributed by atoms with Crippen molar-refractivity contribution in [1.82, 2.24) is 24.3 Å². The lowest BCUT2D eigenvalue weighted by molar-refractivity contribution is 0.428. The summed E-state index contributed by atoms with van der Waals surface area (Å²) in [6, 6.07) is 14.2. The molecule has 5 aromatic rings. The van der Waals surface area contributed by atoms with Crippen molar-refractivity contribution in [2.75, 3.05) is 0 Å². The summed E-state index contributed by atoms with van der Waals surface area (Å²) in [6.07, 6.45) is 6.62. The average molecular weight is 568 g/mol. The molecule has 1 aliphatic rings. The molecule has 0 aliphatic heterocycles. The van der Waals surface area contributed by atoms with Gasteiger partial charge in [-0.1, -0.05) is 44.2 Å². The molecule has 0 bridgehead atoms. The van der Waals surface area contributed by atoms with Gasteiger partial charge in [0.15, 0.2) is 5.82 Å². The molecule has 2 aromatic carbocycles. The summed E-state index contributed by atoms with van der Waals surface area (Å²) < 4.78 is 32.9. The van der Waals surface area contributed by atoms with Gasteiger partial charge in [0, 0.05) is 29.9 Å². The first-order valence-electron chi connectivity index (χ1n) is 14.2. The zero-order valence-electron chi connectivity index (χ0n) is 23.7. The van der Waals surface area contributed by atoms with Gasteiger partial charge in [0.2, 0.25) is 11.8 Å². The molecule has 0 atom stereocenters. The number of hydrogen-bond donors (Lipinski definition) is 1. The molecule has 1 saturated carbocycles. The van der Waals surface area contributed by atoms with Crippen LogP contribution in [0.15, 0.2) is 65.7 Å². The Hall–Kier alpha value is -4.66. The number of aromatic nitrogens is 5. The highest BCUT2D eigenvalue weighted by Gasteiger charge is 2.27. The van der Waals surface area contributed by atoms with Crippen molar-refractivity contribution in [2.45, 2.75) is 58.9 Å². The molecule has 7 nitrogen and oxygen atoms in total. The van der Waals surface area contributed by atoms with E-state index in [0.29, 0.717) is 35.7 Å². The first-order chi connectivity index (χ1) is 20.3. The Kier molecular flexibility index (Phi) is 7.18.